The van der Waals surface area contributed by atoms with E-state index in [1.54, 1.807) is 30.3 Å². The molecule has 1 unspecified atom stereocenters. The first-order valence-electron chi connectivity index (χ1n) is 5.84. The third kappa shape index (κ3) is 2.70. The van der Waals surface area contributed by atoms with Crippen molar-refractivity contribution in [2.24, 2.45) is 0 Å². The standard InChI is InChI=1S/C14H15NO4/c1-9(12-7-8-13(19-12)14(17)18)15(2)10-3-5-11(16)6-4-10/h3-9,16H,1-2H3,(H,17,18). The Bertz CT molecular complexity index is 573. The van der Waals surface area contributed by atoms with Crippen molar-refractivity contribution < 1.29 is 19.4 Å². The van der Waals surface area contributed by atoms with E-state index in [1.165, 1.54) is 6.07 Å². The van der Waals surface area contributed by atoms with Gasteiger partial charge in [-0.2, -0.15) is 0 Å². The molecule has 1 aromatic carbocycles. The lowest BCUT2D eigenvalue weighted by atomic mass is 10.2. The Morgan fingerprint density at radius 3 is 2.37 bits per heavy atom. The number of phenolic OH excluding ortho intramolecular Hbond substituents is 1. The van der Waals surface area contributed by atoms with Gasteiger partial charge in [-0.1, -0.05) is 0 Å². The van der Waals surface area contributed by atoms with E-state index >= 15 is 0 Å². The molecule has 19 heavy (non-hydrogen) atoms. The maximum atomic E-state index is 10.8. The van der Waals surface area contributed by atoms with Crippen molar-refractivity contribution in [2.75, 3.05) is 11.9 Å². The molecule has 0 bridgehead atoms. The number of carbonyl (C=O) groups is 1. The molecule has 0 saturated carbocycles. The molecule has 0 radical (unpaired) electrons. The Balaban J connectivity index is 2.20. The van der Waals surface area contributed by atoms with E-state index in [4.69, 9.17) is 9.52 Å². The Labute approximate surface area is 110 Å². The van der Waals surface area contributed by atoms with Gasteiger partial charge in [0.1, 0.15) is 11.5 Å². The van der Waals surface area contributed by atoms with Crippen LogP contribution in [0.3, 0.4) is 0 Å². The first kappa shape index (κ1) is 13.0. The summed E-state index contributed by atoms with van der Waals surface area (Å²) in [6, 6.07) is 9.76. The van der Waals surface area contributed by atoms with Crippen LogP contribution in [0.4, 0.5) is 5.69 Å². The number of hydrogen-bond donors (Lipinski definition) is 2. The van der Waals surface area contributed by atoms with E-state index in [0.717, 1.165) is 5.69 Å². The first-order chi connectivity index (χ1) is 8.99. The van der Waals surface area contributed by atoms with E-state index < -0.39 is 5.97 Å². The number of hydrogen-bond acceptors (Lipinski definition) is 4. The van der Waals surface area contributed by atoms with Crippen LogP contribution < -0.4 is 4.90 Å². The SMILES string of the molecule is CC(c1ccc(C(=O)O)o1)N(C)c1ccc(O)cc1. The van der Waals surface area contributed by atoms with Crippen LogP contribution in [0.15, 0.2) is 40.8 Å². The zero-order valence-electron chi connectivity index (χ0n) is 10.7. The molecule has 0 spiro atoms. The topological polar surface area (TPSA) is 73.9 Å². The number of aromatic carboxylic acids is 1. The van der Waals surface area contributed by atoms with Crippen molar-refractivity contribution in [2.45, 2.75) is 13.0 Å². The number of furan rings is 1. The highest BCUT2D eigenvalue weighted by Gasteiger charge is 2.18. The number of carboxylic acid groups (broad SMARTS) is 1. The maximum Gasteiger partial charge on any atom is 0.371 e. The van der Waals surface area contributed by atoms with E-state index in [9.17, 15) is 9.90 Å². The van der Waals surface area contributed by atoms with Gasteiger partial charge in [0.05, 0.1) is 6.04 Å². The minimum Gasteiger partial charge on any atom is -0.508 e. The number of anilines is 1. The summed E-state index contributed by atoms with van der Waals surface area (Å²) >= 11 is 0. The van der Waals surface area contributed by atoms with Gasteiger partial charge in [0.15, 0.2) is 0 Å². The van der Waals surface area contributed by atoms with Crippen molar-refractivity contribution in [1.82, 2.24) is 0 Å². The number of carboxylic acids is 1. The van der Waals surface area contributed by atoms with Crippen molar-refractivity contribution in [3.8, 4) is 5.75 Å². The van der Waals surface area contributed by atoms with E-state index in [0.29, 0.717) is 5.76 Å². The number of rotatable bonds is 4. The summed E-state index contributed by atoms with van der Waals surface area (Å²) < 4.78 is 5.28. The van der Waals surface area contributed by atoms with Crippen LogP contribution in [0, 0.1) is 0 Å². The normalized spacial score (nSPS) is 12.1. The van der Waals surface area contributed by atoms with Crippen molar-refractivity contribution in [3.63, 3.8) is 0 Å². The van der Waals surface area contributed by atoms with Crippen LogP contribution in [0.25, 0.3) is 0 Å². The molecular formula is C14H15NO4. The molecule has 2 N–H and O–H groups in total. The molecule has 0 aliphatic heterocycles. The predicted molar refractivity (Wildman–Crippen MR) is 70.6 cm³/mol. The van der Waals surface area contributed by atoms with Crippen molar-refractivity contribution in [3.05, 3.63) is 47.9 Å². The Morgan fingerprint density at radius 2 is 1.84 bits per heavy atom. The number of phenols is 1. The lowest BCUT2D eigenvalue weighted by molar-refractivity contribution is 0.0660. The highest BCUT2D eigenvalue weighted by Crippen LogP contribution is 2.27. The zero-order valence-corrected chi connectivity index (χ0v) is 10.7. The molecule has 5 heteroatoms. The Hall–Kier alpha value is -2.43. The third-order valence-corrected chi connectivity index (χ3v) is 3.09. The monoisotopic (exact) mass is 261 g/mol. The molecule has 1 atom stereocenters. The highest BCUT2D eigenvalue weighted by molar-refractivity contribution is 5.84. The molecular weight excluding hydrogens is 246 g/mol. The van der Waals surface area contributed by atoms with Gasteiger partial charge in [-0.05, 0) is 43.3 Å². The summed E-state index contributed by atoms with van der Waals surface area (Å²) in [5.41, 5.74) is 0.901. The van der Waals surface area contributed by atoms with Crippen LogP contribution in [-0.4, -0.2) is 23.2 Å². The van der Waals surface area contributed by atoms with Gasteiger partial charge in [-0.25, -0.2) is 4.79 Å². The molecule has 0 aliphatic rings. The average Bonchev–Trinajstić information content (AvgIpc) is 2.87. The highest BCUT2D eigenvalue weighted by atomic mass is 16.4. The maximum absolute atomic E-state index is 10.8. The van der Waals surface area contributed by atoms with Crippen LogP contribution in [-0.2, 0) is 0 Å². The summed E-state index contributed by atoms with van der Waals surface area (Å²) in [5, 5.41) is 18.1. The molecule has 5 nitrogen and oxygen atoms in total. The largest absolute Gasteiger partial charge is 0.508 e. The molecule has 2 rings (SSSR count). The fourth-order valence-corrected chi connectivity index (χ4v) is 1.79. The quantitative estimate of drug-likeness (QED) is 0.885. The molecule has 1 aromatic heterocycles. The lowest BCUT2D eigenvalue weighted by Crippen LogP contribution is -2.21. The fraction of sp³-hybridized carbons (Fsp3) is 0.214. The Kier molecular flexibility index (Phi) is 3.46. The fourth-order valence-electron chi connectivity index (χ4n) is 1.79. The van der Waals surface area contributed by atoms with E-state index in [1.807, 2.05) is 18.9 Å². The van der Waals surface area contributed by atoms with Crippen LogP contribution in [0.2, 0.25) is 0 Å². The van der Waals surface area contributed by atoms with E-state index in [-0.39, 0.29) is 17.6 Å². The second-order valence-corrected chi connectivity index (χ2v) is 4.31. The second kappa shape index (κ2) is 5.06. The molecule has 0 saturated heterocycles. The number of aromatic hydroxyl groups is 1. The van der Waals surface area contributed by atoms with Crippen molar-refractivity contribution in [1.29, 1.82) is 0 Å². The van der Waals surface area contributed by atoms with Gasteiger partial charge in [0.25, 0.3) is 0 Å². The lowest BCUT2D eigenvalue weighted by Gasteiger charge is -2.25. The van der Waals surface area contributed by atoms with Crippen LogP contribution >= 0.6 is 0 Å². The number of benzene rings is 1. The summed E-state index contributed by atoms with van der Waals surface area (Å²) in [6.45, 7) is 1.91. The molecule has 0 amide bonds. The van der Waals surface area contributed by atoms with E-state index in [2.05, 4.69) is 0 Å². The van der Waals surface area contributed by atoms with Gasteiger partial charge < -0.3 is 19.5 Å². The Morgan fingerprint density at radius 1 is 1.21 bits per heavy atom. The van der Waals surface area contributed by atoms with Gasteiger partial charge in [-0.15, -0.1) is 0 Å². The van der Waals surface area contributed by atoms with Crippen LogP contribution in [0.5, 0.6) is 5.75 Å². The molecule has 0 fully saturated rings. The number of nitrogens with zero attached hydrogens (tertiary/aromatic N) is 1. The molecule has 100 valence electrons. The minimum absolute atomic E-state index is 0.0686. The second-order valence-electron chi connectivity index (χ2n) is 4.31. The summed E-state index contributed by atoms with van der Waals surface area (Å²) in [5.74, 6) is -0.365. The van der Waals surface area contributed by atoms with Gasteiger partial charge in [-0.3, -0.25) is 0 Å². The summed E-state index contributed by atoms with van der Waals surface area (Å²) in [4.78, 5) is 12.7. The summed E-state index contributed by atoms with van der Waals surface area (Å²) in [7, 11) is 1.88. The predicted octanol–water partition coefficient (Wildman–Crippen LogP) is 2.88. The minimum atomic E-state index is -1.08. The zero-order chi connectivity index (χ0) is 14.0. The summed E-state index contributed by atoms with van der Waals surface area (Å²) in [6.07, 6.45) is 0. The average molecular weight is 261 g/mol. The molecule has 0 aliphatic carbocycles. The van der Waals surface area contributed by atoms with Gasteiger partial charge in [0, 0.05) is 12.7 Å². The first-order valence-corrected chi connectivity index (χ1v) is 5.84. The molecule has 1 heterocycles. The third-order valence-electron chi connectivity index (χ3n) is 3.09. The van der Waals surface area contributed by atoms with Crippen molar-refractivity contribution >= 4 is 11.7 Å². The van der Waals surface area contributed by atoms with Gasteiger partial charge in [0.2, 0.25) is 5.76 Å². The molecule has 2 aromatic rings. The van der Waals surface area contributed by atoms with Crippen LogP contribution in [0.1, 0.15) is 29.3 Å². The smallest absolute Gasteiger partial charge is 0.371 e. The van der Waals surface area contributed by atoms with Gasteiger partial charge >= 0.3 is 5.97 Å².